The van der Waals surface area contributed by atoms with Crippen molar-refractivity contribution in [2.75, 3.05) is 0 Å². The number of fused-ring (bicyclic) bond motifs is 2. The van der Waals surface area contributed by atoms with Crippen LogP contribution in [0.4, 0.5) is 0 Å². The van der Waals surface area contributed by atoms with Gasteiger partial charge >= 0.3 is 0 Å². The molecule has 0 amide bonds. The van der Waals surface area contributed by atoms with Crippen LogP contribution in [-0.4, -0.2) is 12.2 Å². The third-order valence-electron chi connectivity index (χ3n) is 4.38. The van der Waals surface area contributed by atoms with Gasteiger partial charge < -0.3 is 4.74 Å². The zero-order valence-corrected chi connectivity index (χ0v) is 11.4. The Morgan fingerprint density at radius 3 is 2.71 bits per heavy atom. The molecule has 1 saturated carbocycles. The Balaban J connectivity index is 2.09. The number of hydrogen-bond donors (Lipinski definition) is 0. The molecule has 3 aliphatic rings. The van der Waals surface area contributed by atoms with E-state index in [2.05, 4.69) is 26.8 Å². The summed E-state index contributed by atoms with van der Waals surface area (Å²) in [6.07, 6.45) is 10.9. The summed E-state index contributed by atoms with van der Waals surface area (Å²) >= 11 is 0. The number of rotatable bonds is 0. The number of allylic oxidation sites excluding steroid dienone is 1. The van der Waals surface area contributed by atoms with Gasteiger partial charge in [0.05, 0.1) is 12.2 Å². The van der Waals surface area contributed by atoms with Gasteiger partial charge in [0.15, 0.2) is 0 Å². The Morgan fingerprint density at radius 2 is 1.94 bits per heavy atom. The second-order valence-electron chi connectivity index (χ2n) is 6.75. The van der Waals surface area contributed by atoms with Crippen LogP contribution in [0.1, 0.15) is 59.3 Å². The summed E-state index contributed by atoms with van der Waals surface area (Å²) in [5, 5.41) is 0. The fourth-order valence-corrected chi connectivity index (χ4v) is 3.80. The largest absolute Gasteiger partial charge is 0.366 e. The highest BCUT2D eigenvalue weighted by Gasteiger charge is 2.39. The summed E-state index contributed by atoms with van der Waals surface area (Å²) in [6.45, 7) is 7.09. The molecule has 0 aromatic rings. The Labute approximate surface area is 105 Å². The lowest BCUT2D eigenvalue weighted by Crippen LogP contribution is -2.36. The molecule has 17 heavy (non-hydrogen) atoms. The monoisotopic (exact) mass is 232 g/mol. The molecule has 1 fully saturated rings. The van der Waals surface area contributed by atoms with Gasteiger partial charge in [0, 0.05) is 0 Å². The van der Waals surface area contributed by atoms with Gasteiger partial charge in [-0.3, -0.25) is 0 Å². The summed E-state index contributed by atoms with van der Waals surface area (Å²) in [7, 11) is 0. The maximum absolute atomic E-state index is 6.31. The van der Waals surface area contributed by atoms with E-state index in [9.17, 15) is 0 Å². The van der Waals surface area contributed by atoms with Crippen LogP contribution in [0.15, 0.2) is 22.8 Å². The molecular formula is C16H24O. The fourth-order valence-electron chi connectivity index (χ4n) is 3.80. The molecule has 1 heterocycles. The average Bonchev–Trinajstić information content (AvgIpc) is 2.71. The maximum atomic E-state index is 6.31. The predicted octanol–water partition coefficient (Wildman–Crippen LogP) is 4.39. The van der Waals surface area contributed by atoms with Gasteiger partial charge in [-0.15, -0.1) is 0 Å². The Bertz CT molecular complexity index is 381. The van der Waals surface area contributed by atoms with E-state index in [0.717, 1.165) is 0 Å². The highest BCUT2D eigenvalue weighted by atomic mass is 16.5. The normalized spacial score (nSPS) is 33.2. The molecule has 1 aliphatic heterocycles. The standard InChI is InChI=1S/C16H24O/c1-16(2,3)15-11-7-4-5-9-13(11)17-14-10-6-8-12(14)15/h8,13-14H,4-7,9-10H2,1-3H3/t13-,14-/m0/s1. The zero-order valence-electron chi connectivity index (χ0n) is 11.4. The second-order valence-corrected chi connectivity index (χ2v) is 6.75. The van der Waals surface area contributed by atoms with Crippen LogP contribution in [0, 0.1) is 5.41 Å². The van der Waals surface area contributed by atoms with Crippen LogP contribution in [0.5, 0.6) is 0 Å². The van der Waals surface area contributed by atoms with Crippen LogP contribution < -0.4 is 0 Å². The van der Waals surface area contributed by atoms with E-state index < -0.39 is 0 Å². The van der Waals surface area contributed by atoms with Gasteiger partial charge in [-0.25, -0.2) is 0 Å². The number of hydrogen-bond acceptors (Lipinski definition) is 1. The smallest absolute Gasteiger partial charge is 0.0835 e. The van der Waals surface area contributed by atoms with Gasteiger partial charge in [0.25, 0.3) is 0 Å². The van der Waals surface area contributed by atoms with Gasteiger partial charge in [-0.1, -0.05) is 33.3 Å². The molecule has 2 aliphatic carbocycles. The van der Waals surface area contributed by atoms with Crippen molar-refractivity contribution in [3.05, 3.63) is 22.8 Å². The van der Waals surface area contributed by atoms with E-state index in [-0.39, 0.29) is 5.41 Å². The molecular weight excluding hydrogens is 208 g/mol. The Hall–Kier alpha value is -0.560. The van der Waals surface area contributed by atoms with Crippen LogP contribution >= 0.6 is 0 Å². The molecule has 0 unspecified atom stereocenters. The topological polar surface area (TPSA) is 9.23 Å². The van der Waals surface area contributed by atoms with E-state index in [0.29, 0.717) is 12.2 Å². The molecule has 2 atom stereocenters. The summed E-state index contributed by atoms with van der Waals surface area (Å²) in [4.78, 5) is 0. The van der Waals surface area contributed by atoms with Crippen molar-refractivity contribution in [1.82, 2.24) is 0 Å². The Morgan fingerprint density at radius 1 is 1.12 bits per heavy atom. The minimum absolute atomic E-state index is 0.281. The lowest BCUT2D eigenvalue weighted by Gasteiger charge is -2.41. The summed E-state index contributed by atoms with van der Waals surface area (Å²) in [6, 6.07) is 0. The van der Waals surface area contributed by atoms with Crippen LogP contribution in [0.2, 0.25) is 0 Å². The molecule has 0 aromatic carbocycles. The van der Waals surface area contributed by atoms with Gasteiger partial charge in [0.2, 0.25) is 0 Å². The molecule has 0 spiro atoms. The van der Waals surface area contributed by atoms with Crippen LogP contribution in [0.3, 0.4) is 0 Å². The zero-order chi connectivity index (χ0) is 12.0. The summed E-state index contributed by atoms with van der Waals surface area (Å²) in [5.41, 5.74) is 5.10. The first-order valence-electron chi connectivity index (χ1n) is 7.17. The first-order chi connectivity index (χ1) is 8.07. The van der Waals surface area contributed by atoms with E-state index in [1.807, 2.05) is 0 Å². The van der Waals surface area contributed by atoms with E-state index in [1.54, 1.807) is 11.1 Å². The van der Waals surface area contributed by atoms with Crippen molar-refractivity contribution in [1.29, 1.82) is 0 Å². The highest BCUT2D eigenvalue weighted by Crippen LogP contribution is 2.48. The lowest BCUT2D eigenvalue weighted by atomic mass is 9.72. The van der Waals surface area contributed by atoms with Gasteiger partial charge in [-0.05, 0) is 54.2 Å². The quantitative estimate of drug-likeness (QED) is 0.602. The molecule has 94 valence electrons. The number of ether oxygens (including phenoxy) is 1. The molecule has 3 rings (SSSR count). The SMILES string of the molecule is CC(C)(C)C1=C2CCCC[C@@H]2O[C@H]2CCC=C12. The molecule has 0 saturated heterocycles. The van der Waals surface area contributed by atoms with Gasteiger partial charge in [-0.2, -0.15) is 0 Å². The average molecular weight is 232 g/mol. The van der Waals surface area contributed by atoms with Crippen molar-refractivity contribution < 1.29 is 4.74 Å². The first-order valence-corrected chi connectivity index (χ1v) is 7.17. The van der Waals surface area contributed by atoms with Crippen LogP contribution in [-0.2, 0) is 4.74 Å². The molecule has 1 heteroatoms. The lowest BCUT2D eigenvalue weighted by molar-refractivity contribution is 0.00502. The van der Waals surface area contributed by atoms with Crippen LogP contribution in [0.25, 0.3) is 0 Å². The third kappa shape index (κ3) is 1.89. The van der Waals surface area contributed by atoms with Crippen molar-refractivity contribution >= 4 is 0 Å². The second kappa shape index (κ2) is 3.98. The van der Waals surface area contributed by atoms with Crippen molar-refractivity contribution in [2.24, 2.45) is 5.41 Å². The van der Waals surface area contributed by atoms with E-state index in [1.165, 1.54) is 44.1 Å². The van der Waals surface area contributed by atoms with Crippen molar-refractivity contribution in [2.45, 2.75) is 71.5 Å². The van der Waals surface area contributed by atoms with E-state index >= 15 is 0 Å². The predicted molar refractivity (Wildman–Crippen MR) is 70.9 cm³/mol. The fraction of sp³-hybridized carbons (Fsp3) is 0.750. The van der Waals surface area contributed by atoms with Crippen molar-refractivity contribution in [3.8, 4) is 0 Å². The highest BCUT2D eigenvalue weighted by molar-refractivity contribution is 5.47. The molecule has 0 radical (unpaired) electrons. The van der Waals surface area contributed by atoms with Gasteiger partial charge in [0.1, 0.15) is 0 Å². The summed E-state index contributed by atoms with van der Waals surface area (Å²) < 4.78 is 6.31. The molecule has 0 aromatic heterocycles. The summed E-state index contributed by atoms with van der Waals surface area (Å²) in [5.74, 6) is 0. The minimum Gasteiger partial charge on any atom is -0.366 e. The van der Waals surface area contributed by atoms with Crippen molar-refractivity contribution in [3.63, 3.8) is 0 Å². The van der Waals surface area contributed by atoms with E-state index in [4.69, 9.17) is 4.74 Å². The minimum atomic E-state index is 0.281. The Kier molecular flexibility index (Phi) is 2.70. The third-order valence-corrected chi connectivity index (χ3v) is 4.38. The molecule has 0 bridgehead atoms. The molecule has 1 nitrogen and oxygen atoms in total. The first kappa shape index (κ1) is 11.5. The molecule has 0 N–H and O–H groups in total. The maximum Gasteiger partial charge on any atom is 0.0835 e.